The van der Waals surface area contributed by atoms with Crippen molar-refractivity contribution in [3.63, 3.8) is 0 Å². The Kier molecular flexibility index (Phi) is 4.77. The summed E-state index contributed by atoms with van der Waals surface area (Å²) in [5, 5.41) is 11.7. The number of nitrogens with one attached hydrogen (secondary N) is 1. The molecule has 4 heteroatoms. The molecule has 4 nitrogen and oxygen atoms in total. The van der Waals surface area contributed by atoms with E-state index < -0.39 is 12.0 Å². The fourth-order valence-electron chi connectivity index (χ4n) is 2.17. The zero-order valence-corrected chi connectivity index (χ0v) is 10.0. The van der Waals surface area contributed by atoms with Gasteiger partial charge in [-0.25, -0.2) is 4.79 Å². The molecule has 1 aliphatic carbocycles. The maximum Gasteiger partial charge on any atom is 0.326 e. The first kappa shape index (κ1) is 13.0. The third kappa shape index (κ3) is 3.83. The molecule has 92 valence electrons. The minimum Gasteiger partial charge on any atom is -0.480 e. The Morgan fingerprint density at radius 2 is 1.88 bits per heavy atom. The molecule has 0 unspecified atom stereocenters. The lowest BCUT2D eigenvalue weighted by atomic mass is 10.0. The number of carboxylic acids is 1. The van der Waals surface area contributed by atoms with Crippen molar-refractivity contribution in [3.8, 4) is 0 Å². The molecular formula is C12H21NO3. The van der Waals surface area contributed by atoms with E-state index in [1.165, 1.54) is 0 Å². The van der Waals surface area contributed by atoms with E-state index in [0.717, 1.165) is 25.7 Å². The maximum atomic E-state index is 11.8. The summed E-state index contributed by atoms with van der Waals surface area (Å²) >= 11 is 0. The lowest BCUT2D eigenvalue weighted by Crippen LogP contribution is -2.43. The average Bonchev–Trinajstić information content (AvgIpc) is 2.68. The van der Waals surface area contributed by atoms with Crippen LogP contribution in [0.5, 0.6) is 0 Å². The maximum absolute atomic E-state index is 11.8. The van der Waals surface area contributed by atoms with Crippen LogP contribution >= 0.6 is 0 Å². The van der Waals surface area contributed by atoms with Crippen molar-refractivity contribution in [2.24, 2.45) is 11.8 Å². The molecule has 1 fully saturated rings. The highest BCUT2D eigenvalue weighted by Crippen LogP contribution is 2.24. The second-order valence-corrected chi connectivity index (χ2v) is 5.01. The normalized spacial score (nSPS) is 18.7. The SMILES string of the molecule is CC(C)C[C@H](NC(=O)C1CCCC1)C(=O)O. The van der Waals surface area contributed by atoms with Gasteiger partial charge >= 0.3 is 5.97 Å². The molecule has 0 bridgehead atoms. The van der Waals surface area contributed by atoms with Gasteiger partial charge in [0, 0.05) is 5.92 Å². The van der Waals surface area contributed by atoms with Crippen LogP contribution < -0.4 is 5.32 Å². The van der Waals surface area contributed by atoms with Gasteiger partial charge in [-0.3, -0.25) is 4.79 Å². The summed E-state index contributed by atoms with van der Waals surface area (Å²) in [5.41, 5.74) is 0. The summed E-state index contributed by atoms with van der Waals surface area (Å²) in [6.45, 7) is 3.91. The molecular weight excluding hydrogens is 206 g/mol. The van der Waals surface area contributed by atoms with Crippen LogP contribution in [0.2, 0.25) is 0 Å². The number of aliphatic carboxylic acids is 1. The highest BCUT2D eigenvalue weighted by molar-refractivity contribution is 5.85. The molecule has 0 spiro atoms. The van der Waals surface area contributed by atoms with Gasteiger partial charge in [0.2, 0.25) is 5.91 Å². The molecule has 0 saturated heterocycles. The van der Waals surface area contributed by atoms with Crippen LogP contribution in [0.15, 0.2) is 0 Å². The standard InChI is InChI=1S/C12H21NO3/c1-8(2)7-10(12(15)16)13-11(14)9-5-3-4-6-9/h8-10H,3-7H2,1-2H3,(H,13,14)(H,15,16)/t10-/m0/s1. The molecule has 1 rings (SSSR count). The van der Waals surface area contributed by atoms with Crippen LogP contribution in [0.4, 0.5) is 0 Å². The number of carbonyl (C=O) groups is 2. The first-order valence-corrected chi connectivity index (χ1v) is 6.04. The van der Waals surface area contributed by atoms with E-state index in [4.69, 9.17) is 5.11 Å². The second kappa shape index (κ2) is 5.87. The van der Waals surface area contributed by atoms with Crippen molar-refractivity contribution >= 4 is 11.9 Å². The van der Waals surface area contributed by atoms with E-state index >= 15 is 0 Å². The Morgan fingerprint density at radius 1 is 1.31 bits per heavy atom. The van der Waals surface area contributed by atoms with Crippen molar-refractivity contribution in [3.05, 3.63) is 0 Å². The number of carbonyl (C=O) groups excluding carboxylic acids is 1. The molecule has 0 heterocycles. The van der Waals surface area contributed by atoms with E-state index in [-0.39, 0.29) is 17.7 Å². The van der Waals surface area contributed by atoms with E-state index in [1.807, 2.05) is 13.8 Å². The summed E-state index contributed by atoms with van der Waals surface area (Å²) < 4.78 is 0. The van der Waals surface area contributed by atoms with Crippen molar-refractivity contribution in [1.29, 1.82) is 0 Å². The van der Waals surface area contributed by atoms with Gasteiger partial charge in [0.1, 0.15) is 6.04 Å². The first-order chi connectivity index (χ1) is 7.50. The van der Waals surface area contributed by atoms with Gasteiger partial charge in [-0.1, -0.05) is 26.7 Å². The largest absolute Gasteiger partial charge is 0.480 e. The molecule has 1 aliphatic rings. The van der Waals surface area contributed by atoms with Crippen LogP contribution in [0.1, 0.15) is 46.0 Å². The Balaban J connectivity index is 2.47. The lowest BCUT2D eigenvalue weighted by molar-refractivity contribution is -0.142. The quantitative estimate of drug-likeness (QED) is 0.752. The molecule has 0 radical (unpaired) electrons. The third-order valence-corrected chi connectivity index (χ3v) is 3.05. The van der Waals surface area contributed by atoms with Crippen molar-refractivity contribution < 1.29 is 14.7 Å². The first-order valence-electron chi connectivity index (χ1n) is 6.04. The number of hydrogen-bond donors (Lipinski definition) is 2. The molecule has 16 heavy (non-hydrogen) atoms. The Morgan fingerprint density at radius 3 is 2.31 bits per heavy atom. The van der Waals surface area contributed by atoms with Crippen LogP contribution in [0.3, 0.4) is 0 Å². The Labute approximate surface area is 96.4 Å². The Bertz CT molecular complexity index is 257. The lowest BCUT2D eigenvalue weighted by Gasteiger charge is -2.18. The summed E-state index contributed by atoms with van der Waals surface area (Å²) in [5.74, 6) is -0.704. The number of rotatable bonds is 5. The van der Waals surface area contributed by atoms with Crippen LogP contribution in [0.25, 0.3) is 0 Å². The summed E-state index contributed by atoms with van der Waals surface area (Å²) in [7, 11) is 0. The van der Waals surface area contributed by atoms with Crippen molar-refractivity contribution in [2.45, 2.75) is 52.0 Å². The van der Waals surface area contributed by atoms with Gasteiger partial charge in [0.15, 0.2) is 0 Å². The molecule has 0 aromatic carbocycles. The number of carboxylic acid groups (broad SMARTS) is 1. The summed E-state index contributed by atoms with van der Waals surface area (Å²) in [6, 6.07) is -0.729. The van der Waals surface area contributed by atoms with Crippen LogP contribution in [-0.4, -0.2) is 23.0 Å². The van der Waals surface area contributed by atoms with Crippen LogP contribution in [0, 0.1) is 11.8 Å². The van der Waals surface area contributed by atoms with Gasteiger partial charge in [0.05, 0.1) is 0 Å². The third-order valence-electron chi connectivity index (χ3n) is 3.05. The van der Waals surface area contributed by atoms with Crippen molar-refractivity contribution in [1.82, 2.24) is 5.32 Å². The van der Waals surface area contributed by atoms with Gasteiger partial charge in [-0.05, 0) is 25.2 Å². The van der Waals surface area contributed by atoms with Gasteiger partial charge in [-0.2, -0.15) is 0 Å². The fourth-order valence-corrected chi connectivity index (χ4v) is 2.17. The zero-order chi connectivity index (χ0) is 12.1. The van der Waals surface area contributed by atoms with E-state index in [1.54, 1.807) is 0 Å². The van der Waals surface area contributed by atoms with E-state index in [0.29, 0.717) is 6.42 Å². The average molecular weight is 227 g/mol. The topological polar surface area (TPSA) is 66.4 Å². The molecule has 0 aromatic heterocycles. The minimum atomic E-state index is -0.931. The molecule has 0 aromatic rings. The monoisotopic (exact) mass is 227 g/mol. The van der Waals surface area contributed by atoms with E-state index in [9.17, 15) is 9.59 Å². The predicted octanol–water partition coefficient (Wildman–Crippen LogP) is 1.79. The highest BCUT2D eigenvalue weighted by atomic mass is 16.4. The van der Waals surface area contributed by atoms with Gasteiger partial charge in [-0.15, -0.1) is 0 Å². The van der Waals surface area contributed by atoms with E-state index in [2.05, 4.69) is 5.32 Å². The molecule has 0 aliphatic heterocycles. The van der Waals surface area contributed by atoms with Crippen molar-refractivity contribution in [2.75, 3.05) is 0 Å². The zero-order valence-electron chi connectivity index (χ0n) is 10.0. The van der Waals surface area contributed by atoms with Gasteiger partial charge < -0.3 is 10.4 Å². The predicted molar refractivity (Wildman–Crippen MR) is 61.0 cm³/mol. The smallest absolute Gasteiger partial charge is 0.326 e. The summed E-state index contributed by atoms with van der Waals surface area (Å²) in [6.07, 6.45) is 4.47. The number of amides is 1. The number of hydrogen-bond acceptors (Lipinski definition) is 2. The Hall–Kier alpha value is -1.06. The molecule has 1 amide bonds. The fraction of sp³-hybridized carbons (Fsp3) is 0.833. The van der Waals surface area contributed by atoms with Gasteiger partial charge in [0.25, 0.3) is 0 Å². The molecule has 1 atom stereocenters. The highest BCUT2D eigenvalue weighted by Gasteiger charge is 2.27. The summed E-state index contributed by atoms with van der Waals surface area (Å²) in [4.78, 5) is 22.7. The molecule has 1 saturated carbocycles. The second-order valence-electron chi connectivity index (χ2n) is 5.01. The molecule has 2 N–H and O–H groups in total. The minimum absolute atomic E-state index is 0.0361. The van der Waals surface area contributed by atoms with Crippen LogP contribution in [-0.2, 0) is 9.59 Å².